The van der Waals surface area contributed by atoms with Crippen molar-refractivity contribution in [1.29, 1.82) is 0 Å². The molecule has 0 aliphatic rings. The minimum atomic E-state index is 0.159. The first-order valence-electron chi connectivity index (χ1n) is 6.43. The van der Waals surface area contributed by atoms with E-state index < -0.39 is 0 Å². The second kappa shape index (κ2) is 6.12. The minimum absolute atomic E-state index is 0.159. The molecule has 5 heteroatoms. The molecule has 1 atom stereocenters. The van der Waals surface area contributed by atoms with Crippen molar-refractivity contribution in [2.75, 3.05) is 0 Å². The zero-order chi connectivity index (χ0) is 13.8. The number of hydrogen-bond acceptors (Lipinski definition) is 5. The lowest BCUT2D eigenvalue weighted by molar-refractivity contribution is 0.454. The fourth-order valence-electron chi connectivity index (χ4n) is 1.76. The van der Waals surface area contributed by atoms with Gasteiger partial charge < -0.3 is 10.4 Å². The van der Waals surface area contributed by atoms with E-state index in [1.807, 2.05) is 13.1 Å². The molecule has 4 nitrogen and oxygen atoms in total. The van der Waals surface area contributed by atoms with Crippen molar-refractivity contribution in [3.8, 4) is 5.75 Å². The Balaban J connectivity index is 1.99. The van der Waals surface area contributed by atoms with E-state index in [0.29, 0.717) is 12.2 Å². The van der Waals surface area contributed by atoms with Crippen LogP contribution in [0.2, 0.25) is 0 Å². The molecule has 2 heterocycles. The maximum atomic E-state index is 9.75. The highest BCUT2D eigenvalue weighted by atomic mass is 32.1. The first-order valence-corrected chi connectivity index (χ1v) is 7.25. The zero-order valence-corrected chi connectivity index (χ0v) is 12.3. The zero-order valence-electron chi connectivity index (χ0n) is 11.5. The van der Waals surface area contributed by atoms with Crippen LogP contribution in [0.15, 0.2) is 18.3 Å². The quantitative estimate of drug-likeness (QED) is 0.882. The van der Waals surface area contributed by atoms with Crippen LogP contribution < -0.4 is 5.32 Å². The van der Waals surface area contributed by atoms with Gasteiger partial charge in [0, 0.05) is 23.3 Å². The number of aromatic nitrogens is 2. The number of rotatable bonds is 5. The predicted molar refractivity (Wildman–Crippen MR) is 77.4 cm³/mol. The molecule has 102 valence electrons. The number of pyridine rings is 1. The van der Waals surface area contributed by atoms with Crippen LogP contribution in [0.5, 0.6) is 5.75 Å². The van der Waals surface area contributed by atoms with Crippen LogP contribution in [0, 0.1) is 6.92 Å². The fraction of sp³-hybridized carbons (Fsp3) is 0.429. The van der Waals surface area contributed by atoms with Crippen LogP contribution in [0.4, 0.5) is 0 Å². The van der Waals surface area contributed by atoms with Gasteiger partial charge in [-0.05, 0) is 32.4 Å². The van der Waals surface area contributed by atoms with Gasteiger partial charge in [0.05, 0.1) is 11.7 Å². The van der Waals surface area contributed by atoms with E-state index in [0.717, 1.165) is 17.1 Å². The summed E-state index contributed by atoms with van der Waals surface area (Å²) in [4.78, 5) is 10.0. The smallest absolute Gasteiger partial charge is 0.138 e. The molecule has 1 unspecified atom stereocenters. The summed E-state index contributed by atoms with van der Waals surface area (Å²) in [6.45, 7) is 6.66. The molecule has 2 rings (SSSR count). The molecule has 2 aromatic heterocycles. The maximum absolute atomic E-state index is 9.75. The van der Waals surface area contributed by atoms with Crippen LogP contribution in [0.1, 0.15) is 41.2 Å². The first kappa shape index (κ1) is 14.0. The summed E-state index contributed by atoms with van der Waals surface area (Å²) in [7, 11) is 0. The fourth-order valence-corrected chi connectivity index (χ4v) is 2.64. The van der Waals surface area contributed by atoms with Crippen LogP contribution in [0.3, 0.4) is 0 Å². The number of aryl methyl sites for hydroxylation is 2. The molecule has 0 saturated heterocycles. The Morgan fingerprint density at radius 1 is 1.42 bits per heavy atom. The van der Waals surface area contributed by atoms with E-state index in [1.54, 1.807) is 23.5 Å². The van der Waals surface area contributed by atoms with E-state index in [2.05, 4.69) is 29.1 Å². The van der Waals surface area contributed by atoms with Gasteiger partial charge in [0.25, 0.3) is 0 Å². The third-order valence-electron chi connectivity index (χ3n) is 2.96. The molecule has 2 N–H and O–H groups in total. The molecule has 0 saturated carbocycles. The molecule has 0 amide bonds. The molecular weight excluding hydrogens is 258 g/mol. The Bertz CT molecular complexity index is 553. The average molecular weight is 277 g/mol. The summed E-state index contributed by atoms with van der Waals surface area (Å²) in [5.74, 6) is 0.235. The van der Waals surface area contributed by atoms with Gasteiger partial charge in [-0.3, -0.25) is 4.98 Å². The van der Waals surface area contributed by atoms with E-state index >= 15 is 0 Å². The van der Waals surface area contributed by atoms with Crippen LogP contribution in [-0.2, 0) is 13.0 Å². The number of hydrogen-bond donors (Lipinski definition) is 2. The molecular formula is C14H19N3OS. The lowest BCUT2D eigenvalue weighted by atomic mass is 10.2. The molecule has 0 aromatic carbocycles. The lowest BCUT2D eigenvalue weighted by Gasteiger charge is -2.11. The maximum Gasteiger partial charge on any atom is 0.138 e. The minimum Gasteiger partial charge on any atom is -0.506 e. The van der Waals surface area contributed by atoms with E-state index in [4.69, 9.17) is 0 Å². The van der Waals surface area contributed by atoms with E-state index in [1.165, 1.54) is 4.88 Å². The number of nitrogens with one attached hydrogen (secondary N) is 1. The molecule has 0 aliphatic heterocycles. The molecule has 0 bridgehead atoms. The van der Waals surface area contributed by atoms with Gasteiger partial charge in [0.1, 0.15) is 10.8 Å². The van der Waals surface area contributed by atoms with Crippen LogP contribution in [-0.4, -0.2) is 15.1 Å². The van der Waals surface area contributed by atoms with Gasteiger partial charge in [0.15, 0.2) is 0 Å². The number of thiazole rings is 1. The molecule has 19 heavy (non-hydrogen) atoms. The number of aromatic hydroxyl groups is 1. The van der Waals surface area contributed by atoms with Crippen molar-refractivity contribution in [3.05, 3.63) is 39.6 Å². The van der Waals surface area contributed by atoms with Crippen molar-refractivity contribution >= 4 is 11.3 Å². The Hall–Kier alpha value is -1.46. The second-order valence-electron chi connectivity index (χ2n) is 4.54. The Labute approximate surface area is 117 Å². The summed E-state index contributed by atoms with van der Waals surface area (Å²) < 4.78 is 0. The van der Waals surface area contributed by atoms with Crippen molar-refractivity contribution in [2.45, 2.75) is 39.8 Å². The second-order valence-corrected chi connectivity index (χ2v) is 5.69. The third kappa shape index (κ3) is 3.52. The van der Waals surface area contributed by atoms with Crippen LogP contribution in [0.25, 0.3) is 0 Å². The normalized spacial score (nSPS) is 12.6. The van der Waals surface area contributed by atoms with Gasteiger partial charge in [-0.1, -0.05) is 6.92 Å². The summed E-state index contributed by atoms with van der Waals surface area (Å²) in [6, 6.07) is 3.64. The molecule has 0 spiro atoms. The molecule has 2 aromatic rings. The Morgan fingerprint density at radius 2 is 2.21 bits per heavy atom. The molecule has 0 radical (unpaired) electrons. The van der Waals surface area contributed by atoms with Gasteiger partial charge in [-0.2, -0.15) is 0 Å². The summed E-state index contributed by atoms with van der Waals surface area (Å²) >= 11 is 1.73. The highest BCUT2D eigenvalue weighted by Crippen LogP contribution is 2.21. The summed E-state index contributed by atoms with van der Waals surface area (Å²) in [5.41, 5.74) is 1.59. The molecule has 0 aliphatic carbocycles. The van der Waals surface area contributed by atoms with E-state index in [9.17, 15) is 5.11 Å². The third-order valence-corrected chi connectivity index (χ3v) is 4.28. The van der Waals surface area contributed by atoms with Crippen LogP contribution >= 0.6 is 11.3 Å². The summed E-state index contributed by atoms with van der Waals surface area (Å²) in [5, 5.41) is 14.2. The van der Waals surface area contributed by atoms with Gasteiger partial charge in [-0.25, -0.2) is 4.98 Å². The summed E-state index contributed by atoms with van der Waals surface area (Å²) in [6.07, 6.45) is 2.95. The number of nitrogens with zero attached hydrogens (tertiary/aromatic N) is 2. The van der Waals surface area contributed by atoms with Crippen molar-refractivity contribution < 1.29 is 5.11 Å². The molecule has 0 fully saturated rings. The Kier molecular flexibility index (Phi) is 4.50. The highest BCUT2D eigenvalue weighted by Gasteiger charge is 2.11. The van der Waals surface area contributed by atoms with Gasteiger partial charge in [0.2, 0.25) is 0 Å². The van der Waals surface area contributed by atoms with Crippen molar-refractivity contribution in [3.63, 3.8) is 0 Å². The standard InChI is InChI=1S/C14H19N3OS/c1-4-11-7-16-14(19-11)10(3)15-8-12-13(18)6-5-9(2)17-12/h5-7,10,15,18H,4,8H2,1-3H3. The topological polar surface area (TPSA) is 58.0 Å². The van der Waals surface area contributed by atoms with Gasteiger partial charge in [-0.15, -0.1) is 11.3 Å². The SMILES string of the molecule is CCc1cnc(C(C)NCc2nc(C)ccc2O)s1. The van der Waals surface area contributed by atoms with Crippen molar-refractivity contribution in [1.82, 2.24) is 15.3 Å². The lowest BCUT2D eigenvalue weighted by Crippen LogP contribution is -2.18. The largest absolute Gasteiger partial charge is 0.506 e. The van der Waals surface area contributed by atoms with E-state index in [-0.39, 0.29) is 11.8 Å². The van der Waals surface area contributed by atoms with Gasteiger partial charge >= 0.3 is 0 Å². The Morgan fingerprint density at radius 3 is 2.89 bits per heavy atom. The highest BCUT2D eigenvalue weighted by molar-refractivity contribution is 7.11. The monoisotopic (exact) mass is 277 g/mol. The average Bonchev–Trinajstić information content (AvgIpc) is 2.88. The van der Waals surface area contributed by atoms with Crippen molar-refractivity contribution in [2.24, 2.45) is 0 Å². The predicted octanol–water partition coefficient (Wildman–Crippen LogP) is 2.97. The first-order chi connectivity index (χ1) is 9.10.